The van der Waals surface area contributed by atoms with Crippen LogP contribution in [0.25, 0.3) is 0 Å². The molecule has 0 aromatic carbocycles. The van der Waals surface area contributed by atoms with E-state index in [1.807, 2.05) is 0 Å². The molecule has 0 aromatic rings. The van der Waals surface area contributed by atoms with E-state index in [1.165, 1.54) is 6.92 Å². The fraction of sp³-hybridized carbons (Fsp3) is 0.714. The summed E-state index contributed by atoms with van der Waals surface area (Å²) in [5, 5.41) is 0. The Bertz CT molecular complexity index is 187. The lowest BCUT2D eigenvalue weighted by Crippen LogP contribution is -2.41. The number of carbonyl (C=O) groups is 2. The lowest BCUT2D eigenvalue weighted by atomic mass is 9.88. The molecule has 0 amide bonds. The van der Waals surface area contributed by atoms with Gasteiger partial charge >= 0.3 is 6.16 Å². The molecule has 0 aromatic heterocycles. The molecule has 0 saturated carbocycles. The predicted octanol–water partition coefficient (Wildman–Crippen LogP) is 0.749. The van der Waals surface area contributed by atoms with E-state index < -0.39 is 11.6 Å². The Morgan fingerprint density at radius 3 is 2.27 bits per heavy atom. The highest BCUT2D eigenvalue weighted by Gasteiger charge is 2.37. The quantitative estimate of drug-likeness (QED) is 0.528. The highest BCUT2D eigenvalue weighted by Crippen LogP contribution is 2.22. The fourth-order valence-electron chi connectivity index (χ4n) is 0.723. The number of cyclic esters (lactones) is 2. The van der Waals surface area contributed by atoms with Crippen molar-refractivity contribution in [3.8, 4) is 0 Å². The summed E-state index contributed by atoms with van der Waals surface area (Å²) in [5.41, 5.74) is -0.645. The molecule has 4 heteroatoms. The normalized spacial score (nSPS) is 21.8. The van der Waals surface area contributed by atoms with Gasteiger partial charge in [-0.05, 0) is 13.8 Å². The SMILES string of the molecule is CC(=O)C1(C)COC(=O)OC1. The lowest BCUT2D eigenvalue weighted by Gasteiger charge is -2.29. The third-order valence-electron chi connectivity index (χ3n) is 1.87. The monoisotopic (exact) mass is 158 g/mol. The van der Waals surface area contributed by atoms with E-state index >= 15 is 0 Å². The van der Waals surface area contributed by atoms with Crippen molar-refractivity contribution in [1.29, 1.82) is 0 Å². The van der Waals surface area contributed by atoms with Crippen molar-refractivity contribution in [3.63, 3.8) is 0 Å². The molecule has 11 heavy (non-hydrogen) atoms. The number of carbonyl (C=O) groups excluding carboxylic acids is 2. The molecule has 1 heterocycles. The molecule has 1 aliphatic heterocycles. The van der Waals surface area contributed by atoms with Crippen LogP contribution in [0.4, 0.5) is 4.79 Å². The van der Waals surface area contributed by atoms with Gasteiger partial charge in [0.2, 0.25) is 0 Å². The number of ether oxygens (including phenoxy) is 2. The van der Waals surface area contributed by atoms with Gasteiger partial charge in [-0.25, -0.2) is 4.79 Å². The molecule has 0 radical (unpaired) electrons. The zero-order valence-corrected chi connectivity index (χ0v) is 6.55. The summed E-state index contributed by atoms with van der Waals surface area (Å²) in [4.78, 5) is 21.4. The van der Waals surface area contributed by atoms with Crippen molar-refractivity contribution in [1.82, 2.24) is 0 Å². The average molecular weight is 158 g/mol. The molecular formula is C7H10O4. The summed E-state index contributed by atoms with van der Waals surface area (Å²) in [5.74, 6) is -0.0231. The van der Waals surface area contributed by atoms with Crippen LogP contribution in [0.2, 0.25) is 0 Å². The van der Waals surface area contributed by atoms with Crippen LogP contribution >= 0.6 is 0 Å². The predicted molar refractivity (Wildman–Crippen MR) is 36.1 cm³/mol. The standard InChI is InChI=1S/C7H10O4/c1-5(8)7(2)3-10-6(9)11-4-7/h3-4H2,1-2H3. The van der Waals surface area contributed by atoms with Crippen LogP contribution in [-0.2, 0) is 14.3 Å². The molecule has 0 bridgehead atoms. The van der Waals surface area contributed by atoms with E-state index in [4.69, 9.17) is 0 Å². The van der Waals surface area contributed by atoms with Gasteiger partial charge in [-0.1, -0.05) is 0 Å². The second kappa shape index (κ2) is 2.53. The van der Waals surface area contributed by atoms with Crippen molar-refractivity contribution in [3.05, 3.63) is 0 Å². The van der Waals surface area contributed by atoms with E-state index in [1.54, 1.807) is 6.92 Å². The van der Waals surface area contributed by atoms with Gasteiger partial charge in [-0.3, -0.25) is 4.79 Å². The Kier molecular flexibility index (Phi) is 1.85. The maximum absolute atomic E-state index is 11.0. The Balaban J connectivity index is 2.62. The summed E-state index contributed by atoms with van der Waals surface area (Å²) in [6.45, 7) is 3.42. The Labute approximate surface area is 64.5 Å². The molecule has 1 rings (SSSR count). The van der Waals surface area contributed by atoms with E-state index in [2.05, 4.69) is 9.47 Å². The third kappa shape index (κ3) is 1.50. The molecule has 0 unspecified atom stereocenters. The van der Waals surface area contributed by atoms with Crippen LogP contribution in [-0.4, -0.2) is 25.2 Å². The van der Waals surface area contributed by atoms with Crippen LogP contribution in [0.3, 0.4) is 0 Å². The van der Waals surface area contributed by atoms with Crippen LogP contribution < -0.4 is 0 Å². The van der Waals surface area contributed by atoms with Gasteiger partial charge in [0.25, 0.3) is 0 Å². The van der Waals surface area contributed by atoms with Gasteiger partial charge in [-0.15, -0.1) is 0 Å². The van der Waals surface area contributed by atoms with E-state index in [0.717, 1.165) is 0 Å². The zero-order valence-electron chi connectivity index (χ0n) is 6.55. The molecule has 0 atom stereocenters. The van der Waals surface area contributed by atoms with Gasteiger partial charge in [0.15, 0.2) is 0 Å². The number of rotatable bonds is 1. The summed E-state index contributed by atoms with van der Waals surface area (Å²) in [6.07, 6.45) is -0.691. The highest BCUT2D eigenvalue weighted by molar-refractivity contribution is 5.83. The van der Waals surface area contributed by atoms with Gasteiger partial charge < -0.3 is 9.47 Å². The van der Waals surface area contributed by atoms with Crippen molar-refractivity contribution in [2.75, 3.05) is 13.2 Å². The molecule has 62 valence electrons. The van der Waals surface area contributed by atoms with E-state index in [-0.39, 0.29) is 19.0 Å². The summed E-state index contributed by atoms with van der Waals surface area (Å²) >= 11 is 0. The highest BCUT2D eigenvalue weighted by atomic mass is 16.7. The van der Waals surface area contributed by atoms with Gasteiger partial charge in [0.05, 0.1) is 5.41 Å². The van der Waals surface area contributed by atoms with Crippen LogP contribution in [0.1, 0.15) is 13.8 Å². The maximum Gasteiger partial charge on any atom is 0.508 e. The summed E-state index contributed by atoms with van der Waals surface area (Å²) < 4.78 is 9.15. The number of Topliss-reactive ketones (excluding diaryl/α,β-unsaturated/α-hetero) is 1. The smallest absolute Gasteiger partial charge is 0.433 e. The van der Waals surface area contributed by atoms with Crippen molar-refractivity contribution in [2.45, 2.75) is 13.8 Å². The topological polar surface area (TPSA) is 52.6 Å². The largest absolute Gasteiger partial charge is 0.508 e. The van der Waals surface area contributed by atoms with Crippen molar-refractivity contribution in [2.24, 2.45) is 5.41 Å². The van der Waals surface area contributed by atoms with Gasteiger partial charge in [0, 0.05) is 0 Å². The molecule has 1 aliphatic rings. The summed E-state index contributed by atoms with van der Waals surface area (Å²) in [6, 6.07) is 0. The number of ketones is 1. The zero-order chi connectivity index (χ0) is 8.48. The van der Waals surface area contributed by atoms with Crippen LogP contribution in [0.5, 0.6) is 0 Å². The first-order valence-electron chi connectivity index (χ1n) is 3.35. The lowest BCUT2D eigenvalue weighted by molar-refractivity contribution is -0.136. The first-order valence-corrected chi connectivity index (χ1v) is 3.35. The van der Waals surface area contributed by atoms with Crippen LogP contribution in [0, 0.1) is 5.41 Å². The molecule has 4 nitrogen and oxygen atoms in total. The molecule has 1 saturated heterocycles. The minimum Gasteiger partial charge on any atom is -0.433 e. The van der Waals surface area contributed by atoms with Crippen LogP contribution in [0.15, 0.2) is 0 Å². The Hall–Kier alpha value is -1.06. The van der Waals surface area contributed by atoms with E-state index in [9.17, 15) is 9.59 Å². The third-order valence-corrected chi connectivity index (χ3v) is 1.87. The Morgan fingerprint density at radius 2 is 1.91 bits per heavy atom. The number of hydrogen-bond donors (Lipinski definition) is 0. The number of hydrogen-bond acceptors (Lipinski definition) is 4. The minimum absolute atomic E-state index is 0.0231. The van der Waals surface area contributed by atoms with Crippen molar-refractivity contribution < 1.29 is 19.1 Å². The second-order valence-corrected chi connectivity index (χ2v) is 2.94. The first kappa shape index (κ1) is 8.04. The average Bonchev–Trinajstić information content (AvgIpc) is 1.95. The van der Waals surface area contributed by atoms with Gasteiger partial charge in [-0.2, -0.15) is 0 Å². The van der Waals surface area contributed by atoms with Gasteiger partial charge in [0.1, 0.15) is 19.0 Å². The molecule has 0 aliphatic carbocycles. The molecular weight excluding hydrogens is 148 g/mol. The minimum atomic E-state index is -0.691. The second-order valence-electron chi connectivity index (χ2n) is 2.94. The molecule has 1 fully saturated rings. The first-order chi connectivity index (χ1) is 5.04. The maximum atomic E-state index is 11.0. The molecule has 0 spiro atoms. The van der Waals surface area contributed by atoms with Crippen molar-refractivity contribution >= 4 is 11.9 Å². The van der Waals surface area contributed by atoms with E-state index in [0.29, 0.717) is 0 Å². The molecule has 0 N–H and O–H groups in total. The Morgan fingerprint density at radius 1 is 1.45 bits per heavy atom. The summed E-state index contributed by atoms with van der Waals surface area (Å²) in [7, 11) is 0. The fourth-order valence-corrected chi connectivity index (χ4v) is 0.723.